The second kappa shape index (κ2) is 6.79. The molecule has 3 heterocycles. The Morgan fingerprint density at radius 1 is 1.26 bits per heavy atom. The lowest BCUT2D eigenvalue weighted by atomic mass is 10.1. The van der Waals surface area contributed by atoms with Gasteiger partial charge in [-0.25, -0.2) is 9.78 Å². The Hall–Kier alpha value is -3.88. The number of aromatic nitrogens is 5. The molecule has 0 saturated carbocycles. The van der Waals surface area contributed by atoms with Crippen LogP contribution in [0.5, 0.6) is 0 Å². The number of amides is 2. The van der Waals surface area contributed by atoms with Gasteiger partial charge in [0.15, 0.2) is 0 Å². The van der Waals surface area contributed by atoms with Crippen LogP contribution >= 0.6 is 0 Å². The van der Waals surface area contributed by atoms with Crippen molar-refractivity contribution < 1.29 is 4.79 Å². The summed E-state index contributed by atoms with van der Waals surface area (Å²) in [6, 6.07) is 12.8. The fraction of sp³-hybridized carbons (Fsp3) is 0.111. The monoisotopic (exact) mass is 362 g/mol. The maximum atomic E-state index is 12.2. The van der Waals surface area contributed by atoms with E-state index in [1.54, 1.807) is 24.5 Å². The maximum Gasteiger partial charge on any atom is 0.320 e. The van der Waals surface area contributed by atoms with Crippen LogP contribution in [0.1, 0.15) is 18.5 Å². The Balaban J connectivity index is 1.49. The Bertz CT molecular complexity index is 1090. The van der Waals surface area contributed by atoms with Crippen molar-refractivity contribution in [2.24, 2.45) is 0 Å². The van der Waals surface area contributed by atoms with Gasteiger partial charge in [0.1, 0.15) is 17.2 Å². The molecule has 9 nitrogen and oxygen atoms in total. The molecule has 0 saturated heterocycles. The average Bonchev–Trinajstić information content (AvgIpc) is 3.27. The van der Waals surface area contributed by atoms with Crippen LogP contribution in [-0.2, 0) is 0 Å². The van der Waals surface area contributed by atoms with Crippen LogP contribution in [-0.4, -0.2) is 31.1 Å². The fourth-order valence-corrected chi connectivity index (χ4v) is 2.81. The van der Waals surface area contributed by atoms with E-state index in [4.69, 9.17) is 5.84 Å². The summed E-state index contributed by atoms with van der Waals surface area (Å²) >= 11 is 0. The number of benzene rings is 1. The van der Waals surface area contributed by atoms with E-state index >= 15 is 0 Å². The lowest BCUT2D eigenvalue weighted by Crippen LogP contribution is -2.31. The summed E-state index contributed by atoms with van der Waals surface area (Å²) in [6.07, 6.45) is 3.28. The van der Waals surface area contributed by atoms with Crippen molar-refractivity contribution >= 4 is 22.8 Å². The van der Waals surface area contributed by atoms with Crippen molar-refractivity contribution in [1.82, 2.24) is 30.4 Å². The minimum atomic E-state index is -0.334. The molecule has 5 N–H and O–H groups in total. The highest BCUT2D eigenvalue weighted by atomic mass is 16.2. The summed E-state index contributed by atoms with van der Waals surface area (Å²) in [7, 11) is 0. The van der Waals surface area contributed by atoms with Gasteiger partial charge in [-0.05, 0) is 18.6 Å². The summed E-state index contributed by atoms with van der Waals surface area (Å²) in [6.45, 7) is 1.92. The molecular formula is C18H18N8O. The normalized spacial score (nSPS) is 12.0. The van der Waals surface area contributed by atoms with Crippen LogP contribution in [0.15, 0.2) is 54.9 Å². The molecule has 2 amide bonds. The van der Waals surface area contributed by atoms with E-state index < -0.39 is 0 Å². The molecule has 4 rings (SSSR count). The van der Waals surface area contributed by atoms with Gasteiger partial charge < -0.3 is 11.2 Å². The third kappa shape index (κ3) is 3.43. The van der Waals surface area contributed by atoms with Crippen molar-refractivity contribution in [3.8, 4) is 11.4 Å². The molecule has 0 aliphatic heterocycles. The SMILES string of the molecule is C[C@@H](NC(=O)Nc1cc2[nH]nc(-c3ccn(N)n3)c2cn1)c1ccccc1. The zero-order valence-electron chi connectivity index (χ0n) is 14.5. The number of nitrogen functional groups attached to an aromatic ring is 1. The van der Waals surface area contributed by atoms with Gasteiger partial charge in [0.25, 0.3) is 0 Å². The topological polar surface area (TPSA) is 127 Å². The quantitative estimate of drug-likeness (QED) is 0.415. The van der Waals surface area contributed by atoms with E-state index in [1.807, 2.05) is 37.3 Å². The number of aromatic amines is 1. The molecule has 0 aliphatic carbocycles. The first-order valence-corrected chi connectivity index (χ1v) is 8.38. The summed E-state index contributed by atoms with van der Waals surface area (Å²) in [5.41, 5.74) is 3.04. The summed E-state index contributed by atoms with van der Waals surface area (Å²) < 4.78 is 0. The zero-order chi connectivity index (χ0) is 18.8. The number of hydrogen-bond donors (Lipinski definition) is 4. The van der Waals surface area contributed by atoms with Crippen LogP contribution in [0, 0.1) is 0 Å². The Labute approximate surface area is 154 Å². The van der Waals surface area contributed by atoms with Gasteiger partial charge in [-0.15, -0.1) is 0 Å². The number of carbonyl (C=O) groups excluding carboxylic acids is 1. The van der Waals surface area contributed by atoms with E-state index in [0.29, 0.717) is 17.2 Å². The van der Waals surface area contributed by atoms with Gasteiger partial charge in [0.2, 0.25) is 0 Å². The number of carbonyl (C=O) groups is 1. The first-order chi connectivity index (χ1) is 13.1. The number of fused-ring (bicyclic) bond motifs is 1. The number of pyridine rings is 1. The molecule has 3 aromatic heterocycles. The number of hydrogen-bond acceptors (Lipinski definition) is 5. The zero-order valence-corrected chi connectivity index (χ0v) is 14.5. The molecule has 4 aromatic rings. The first kappa shape index (κ1) is 16.6. The number of nitrogens with two attached hydrogens (primary N) is 1. The minimum absolute atomic E-state index is 0.125. The number of nitrogens with one attached hydrogen (secondary N) is 3. The summed E-state index contributed by atoms with van der Waals surface area (Å²) in [5, 5.41) is 17.7. The molecule has 1 aromatic carbocycles. The Morgan fingerprint density at radius 3 is 2.81 bits per heavy atom. The van der Waals surface area contributed by atoms with Gasteiger partial charge in [-0.2, -0.15) is 15.0 Å². The number of rotatable bonds is 4. The fourth-order valence-electron chi connectivity index (χ4n) is 2.81. The van der Waals surface area contributed by atoms with Crippen molar-refractivity contribution in [2.45, 2.75) is 13.0 Å². The predicted octanol–water partition coefficient (Wildman–Crippen LogP) is 2.42. The van der Waals surface area contributed by atoms with Crippen LogP contribution in [0.25, 0.3) is 22.3 Å². The van der Waals surface area contributed by atoms with E-state index in [1.165, 1.54) is 4.79 Å². The second-order valence-corrected chi connectivity index (χ2v) is 6.10. The molecule has 0 unspecified atom stereocenters. The number of nitrogens with zero attached hydrogens (tertiary/aromatic N) is 4. The number of H-pyrrole nitrogens is 1. The summed E-state index contributed by atoms with van der Waals surface area (Å²) in [4.78, 5) is 17.8. The third-order valence-corrected chi connectivity index (χ3v) is 4.19. The van der Waals surface area contributed by atoms with Crippen LogP contribution in [0.4, 0.5) is 10.6 Å². The van der Waals surface area contributed by atoms with Gasteiger partial charge in [-0.1, -0.05) is 30.3 Å². The molecule has 0 aliphatic rings. The van der Waals surface area contributed by atoms with E-state index in [-0.39, 0.29) is 12.1 Å². The molecule has 136 valence electrons. The van der Waals surface area contributed by atoms with Crippen molar-refractivity contribution in [3.63, 3.8) is 0 Å². The van der Waals surface area contributed by atoms with Gasteiger partial charge in [0.05, 0.1) is 11.6 Å². The van der Waals surface area contributed by atoms with Gasteiger partial charge in [-0.3, -0.25) is 10.4 Å². The first-order valence-electron chi connectivity index (χ1n) is 8.38. The minimum Gasteiger partial charge on any atom is -0.331 e. The molecule has 0 fully saturated rings. The smallest absolute Gasteiger partial charge is 0.320 e. The molecule has 27 heavy (non-hydrogen) atoms. The number of urea groups is 1. The molecule has 0 radical (unpaired) electrons. The lowest BCUT2D eigenvalue weighted by Gasteiger charge is -2.14. The van der Waals surface area contributed by atoms with Crippen molar-refractivity contribution in [2.75, 3.05) is 11.2 Å². The van der Waals surface area contributed by atoms with Crippen molar-refractivity contribution in [1.29, 1.82) is 0 Å². The maximum absolute atomic E-state index is 12.2. The molecule has 1 atom stereocenters. The van der Waals surface area contributed by atoms with E-state index in [2.05, 4.69) is 30.9 Å². The highest BCUT2D eigenvalue weighted by Crippen LogP contribution is 2.25. The molecule has 0 bridgehead atoms. The highest BCUT2D eigenvalue weighted by Gasteiger charge is 2.14. The molecular weight excluding hydrogens is 344 g/mol. The van der Waals surface area contributed by atoms with Crippen LogP contribution in [0.3, 0.4) is 0 Å². The molecule has 0 spiro atoms. The van der Waals surface area contributed by atoms with Gasteiger partial charge in [0, 0.05) is 23.8 Å². The van der Waals surface area contributed by atoms with E-state index in [0.717, 1.165) is 16.5 Å². The highest BCUT2D eigenvalue weighted by molar-refractivity contribution is 5.95. The standard InChI is InChI=1S/C18H18N8O/c1-11(12-5-3-2-4-6-12)21-18(27)22-16-9-15-13(10-20-16)17(24-23-15)14-7-8-26(19)25-14/h2-11H,19H2,1H3,(H,23,24)(H2,20,21,22,27)/t11-/m1/s1. The Morgan fingerprint density at radius 2 is 2.07 bits per heavy atom. The summed E-state index contributed by atoms with van der Waals surface area (Å²) in [5.74, 6) is 6.00. The predicted molar refractivity (Wildman–Crippen MR) is 102 cm³/mol. The lowest BCUT2D eigenvalue weighted by molar-refractivity contribution is 0.249. The molecule has 9 heteroatoms. The third-order valence-electron chi connectivity index (χ3n) is 4.19. The van der Waals surface area contributed by atoms with Gasteiger partial charge >= 0.3 is 6.03 Å². The number of anilines is 1. The van der Waals surface area contributed by atoms with E-state index in [9.17, 15) is 4.79 Å². The van der Waals surface area contributed by atoms with Crippen LogP contribution < -0.4 is 16.5 Å². The van der Waals surface area contributed by atoms with Crippen molar-refractivity contribution in [3.05, 3.63) is 60.4 Å². The second-order valence-electron chi connectivity index (χ2n) is 6.10. The Kier molecular flexibility index (Phi) is 4.17. The van der Waals surface area contributed by atoms with Crippen LogP contribution in [0.2, 0.25) is 0 Å². The largest absolute Gasteiger partial charge is 0.331 e. The average molecular weight is 362 g/mol.